The van der Waals surface area contributed by atoms with Crippen molar-refractivity contribution in [1.29, 1.82) is 5.26 Å². The van der Waals surface area contributed by atoms with Gasteiger partial charge in [0.05, 0.1) is 11.1 Å². The first-order chi connectivity index (χ1) is 6.63. The fraction of sp³-hybridized carbons (Fsp3) is 0.222. The lowest BCUT2D eigenvalue weighted by atomic mass is 10.1. The molecule has 1 N–H and O–H groups in total. The molecule has 1 aromatic heterocycles. The minimum atomic E-state index is -0.696. The van der Waals surface area contributed by atoms with Gasteiger partial charge in [-0.1, -0.05) is 11.6 Å². The van der Waals surface area contributed by atoms with E-state index in [0.29, 0.717) is 10.6 Å². The first-order valence-corrected chi connectivity index (χ1v) is 4.28. The number of nitrogens with one attached hydrogen (secondary N) is 1. The van der Waals surface area contributed by atoms with Gasteiger partial charge in [0.25, 0.3) is 0 Å². The van der Waals surface area contributed by atoms with Gasteiger partial charge in [-0.2, -0.15) is 5.26 Å². The summed E-state index contributed by atoms with van der Waals surface area (Å²) in [5, 5.41) is 11.7. The van der Waals surface area contributed by atoms with Gasteiger partial charge in [-0.15, -0.1) is 0 Å². The number of hydrogen-bond donors (Lipinski definition) is 1. The van der Waals surface area contributed by atoms with Crippen molar-refractivity contribution in [2.45, 2.75) is 13.0 Å². The standard InChI is InChI=1S/C9H8ClN3O/c1-6(14)13-9(3-11)7-2-8(10)5-12-4-7/h2,4-5,9H,1H3,(H,13,14). The summed E-state index contributed by atoms with van der Waals surface area (Å²) in [7, 11) is 0. The molecule has 72 valence electrons. The first kappa shape index (κ1) is 10.5. The third-order valence-corrected chi connectivity index (χ3v) is 1.74. The molecule has 14 heavy (non-hydrogen) atoms. The molecule has 4 nitrogen and oxygen atoms in total. The Morgan fingerprint density at radius 3 is 2.93 bits per heavy atom. The maximum Gasteiger partial charge on any atom is 0.218 e. The van der Waals surface area contributed by atoms with Crippen LogP contribution in [0.25, 0.3) is 0 Å². The Kier molecular flexibility index (Phi) is 3.43. The highest BCUT2D eigenvalue weighted by molar-refractivity contribution is 6.30. The SMILES string of the molecule is CC(=O)NC(C#N)c1cncc(Cl)c1. The van der Waals surface area contributed by atoms with Crippen LogP contribution in [0.4, 0.5) is 0 Å². The van der Waals surface area contributed by atoms with E-state index in [9.17, 15) is 4.79 Å². The summed E-state index contributed by atoms with van der Waals surface area (Å²) < 4.78 is 0. The smallest absolute Gasteiger partial charge is 0.218 e. The molecular weight excluding hydrogens is 202 g/mol. The molecular formula is C9H8ClN3O. The van der Waals surface area contributed by atoms with Crippen molar-refractivity contribution >= 4 is 17.5 Å². The van der Waals surface area contributed by atoms with Gasteiger partial charge < -0.3 is 5.32 Å². The Balaban J connectivity index is 2.90. The van der Waals surface area contributed by atoms with Crippen LogP contribution in [-0.4, -0.2) is 10.9 Å². The lowest BCUT2D eigenvalue weighted by molar-refractivity contribution is -0.119. The van der Waals surface area contributed by atoms with Gasteiger partial charge in [-0.3, -0.25) is 9.78 Å². The van der Waals surface area contributed by atoms with Gasteiger partial charge in [0, 0.05) is 24.9 Å². The molecule has 0 fully saturated rings. The van der Waals surface area contributed by atoms with Gasteiger partial charge in [0.2, 0.25) is 5.91 Å². The van der Waals surface area contributed by atoms with E-state index >= 15 is 0 Å². The number of halogens is 1. The van der Waals surface area contributed by atoms with Crippen molar-refractivity contribution in [2.24, 2.45) is 0 Å². The molecule has 0 bridgehead atoms. The van der Waals surface area contributed by atoms with Gasteiger partial charge in [0.15, 0.2) is 0 Å². The fourth-order valence-electron chi connectivity index (χ4n) is 0.980. The predicted octanol–water partition coefficient (Wildman–Crippen LogP) is 1.44. The number of amides is 1. The summed E-state index contributed by atoms with van der Waals surface area (Å²) in [6.45, 7) is 1.35. The molecule has 1 unspecified atom stereocenters. The number of rotatable bonds is 2. The zero-order valence-electron chi connectivity index (χ0n) is 7.49. The van der Waals surface area contributed by atoms with Crippen LogP contribution in [0.1, 0.15) is 18.5 Å². The second-order valence-electron chi connectivity index (χ2n) is 2.70. The molecule has 1 amide bonds. The van der Waals surface area contributed by atoms with E-state index in [1.807, 2.05) is 6.07 Å². The predicted molar refractivity (Wildman–Crippen MR) is 51.4 cm³/mol. The van der Waals surface area contributed by atoms with Crippen LogP contribution >= 0.6 is 11.6 Å². The van der Waals surface area contributed by atoms with Crippen molar-refractivity contribution in [1.82, 2.24) is 10.3 Å². The summed E-state index contributed by atoms with van der Waals surface area (Å²) in [6.07, 6.45) is 2.96. The second-order valence-corrected chi connectivity index (χ2v) is 3.14. The summed E-state index contributed by atoms with van der Waals surface area (Å²) in [5.74, 6) is -0.267. The molecule has 5 heteroatoms. The average molecular weight is 210 g/mol. The topological polar surface area (TPSA) is 65.8 Å². The van der Waals surface area contributed by atoms with Gasteiger partial charge in [-0.25, -0.2) is 0 Å². The van der Waals surface area contributed by atoms with Crippen LogP contribution in [0.3, 0.4) is 0 Å². The van der Waals surface area contributed by atoms with Crippen LogP contribution in [0.15, 0.2) is 18.5 Å². The summed E-state index contributed by atoms with van der Waals surface area (Å²) >= 11 is 5.70. The van der Waals surface area contributed by atoms with Crippen molar-refractivity contribution in [3.63, 3.8) is 0 Å². The molecule has 1 rings (SSSR count). The largest absolute Gasteiger partial charge is 0.337 e. The number of nitriles is 1. The molecule has 0 aromatic carbocycles. The third kappa shape index (κ3) is 2.71. The molecule has 1 aromatic rings. The lowest BCUT2D eigenvalue weighted by Crippen LogP contribution is -2.24. The maximum atomic E-state index is 10.8. The van der Waals surface area contributed by atoms with Crippen molar-refractivity contribution in [3.8, 4) is 6.07 Å². The molecule has 0 radical (unpaired) electrons. The maximum absolute atomic E-state index is 10.8. The lowest BCUT2D eigenvalue weighted by Gasteiger charge is -2.09. The Morgan fingerprint density at radius 1 is 1.71 bits per heavy atom. The second kappa shape index (κ2) is 4.58. The molecule has 0 aliphatic rings. The number of pyridine rings is 1. The molecule has 1 heterocycles. The van der Waals surface area contributed by atoms with Crippen molar-refractivity contribution in [2.75, 3.05) is 0 Å². The number of carbonyl (C=O) groups excluding carboxylic acids is 1. The number of hydrogen-bond acceptors (Lipinski definition) is 3. The van der Waals surface area contributed by atoms with Crippen LogP contribution in [-0.2, 0) is 4.79 Å². The van der Waals surface area contributed by atoms with Crippen molar-refractivity contribution < 1.29 is 4.79 Å². The van der Waals surface area contributed by atoms with Crippen LogP contribution in [0.5, 0.6) is 0 Å². The van der Waals surface area contributed by atoms with Gasteiger partial charge >= 0.3 is 0 Å². The molecule has 0 aliphatic heterocycles. The highest BCUT2D eigenvalue weighted by Crippen LogP contribution is 2.15. The van der Waals surface area contributed by atoms with E-state index in [0.717, 1.165) is 0 Å². The zero-order chi connectivity index (χ0) is 10.6. The first-order valence-electron chi connectivity index (χ1n) is 3.90. The monoisotopic (exact) mass is 209 g/mol. The molecule has 0 spiro atoms. The Labute approximate surface area is 86.5 Å². The van der Waals surface area contributed by atoms with E-state index < -0.39 is 6.04 Å². The number of carbonyl (C=O) groups is 1. The normalized spacial score (nSPS) is 11.5. The fourth-order valence-corrected chi connectivity index (χ4v) is 1.16. The molecule has 1 atom stereocenters. The van der Waals surface area contributed by atoms with E-state index in [2.05, 4.69) is 10.3 Å². The zero-order valence-corrected chi connectivity index (χ0v) is 8.25. The minimum Gasteiger partial charge on any atom is -0.337 e. The van der Waals surface area contributed by atoms with E-state index in [-0.39, 0.29) is 5.91 Å². The van der Waals surface area contributed by atoms with E-state index in [1.165, 1.54) is 19.3 Å². The van der Waals surface area contributed by atoms with Crippen LogP contribution in [0.2, 0.25) is 5.02 Å². The summed E-state index contributed by atoms with van der Waals surface area (Å²) in [4.78, 5) is 14.6. The summed E-state index contributed by atoms with van der Waals surface area (Å²) in [5.41, 5.74) is 0.579. The van der Waals surface area contributed by atoms with Crippen LogP contribution < -0.4 is 5.32 Å². The van der Waals surface area contributed by atoms with Crippen LogP contribution in [0, 0.1) is 11.3 Å². The minimum absolute atomic E-state index is 0.267. The highest BCUT2D eigenvalue weighted by Gasteiger charge is 2.11. The van der Waals surface area contributed by atoms with Gasteiger partial charge in [0.1, 0.15) is 6.04 Å². The number of nitrogens with zero attached hydrogens (tertiary/aromatic N) is 2. The molecule has 0 saturated heterocycles. The Morgan fingerprint density at radius 2 is 2.43 bits per heavy atom. The Hall–Kier alpha value is -1.60. The van der Waals surface area contributed by atoms with Crippen molar-refractivity contribution in [3.05, 3.63) is 29.0 Å². The third-order valence-electron chi connectivity index (χ3n) is 1.54. The Bertz CT molecular complexity index is 386. The summed E-state index contributed by atoms with van der Waals surface area (Å²) in [6, 6.07) is 2.85. The van der Waals surface area contributed by atoms with Gasteiger partial charge in [-0.05, 0) is 6.07 Å². The molecule has 0 aliphatic carbocycles. The highest BCUT2D eigenvalue weighted by atomic mass is 35.5. The van der Waals surface area contributed by atoms with E-state index in [1.54, 1.807) is 6.07 Å². The quantitative estimate of drug-likeness (QED) is 0.802. The number of aromatic nitrogens is 1. The van der Waals surface area contributed by atoms with E-state index in [4.69, 9.17) is 16.9 Å². The molecule has 0 saturated carbocycles. The average Bonchev–Trinajstić information content (AvgIpc) is 2.14.